The van der Waals surface area contributed by atoms with Crippen molar-refractivity contribution in [3.05, 3.63) is 75.3 Å². The van der Waals surface area contributed by atoms with Gasteiger partial charge in [-0.1, -0.05) is 41.6 Å². The predicted molar refractivity (Wildman–Crippen MR) is 115 cm³/mol. The summed E-state index contributed by atoms with van der Waals surface area (Å²) in [5, 5.41) is 6.24. The number of benzene rings is 2. The van der Waals surface area contributed by atoms with Gasteiger partial charge < -0.3 is 5.32 Å². The highest BCUT2D eigenvalue weighted by atomic mass is 35.5. The lowest BCUT2D eigenvalue weighted by atomic mass is 10.2. The van der Waals surface area contributed by atoms with Crippen LogP contribution in [-0.4, -0.2) is 31.2 Å². The van der Waals surface area contributed by atoms with Crippen molar-refractivity contribution >= 4 is 40.6 Å². The van der Waals surface area contributed by atoms with Gasteiger partial charge in [-0.05, 0) is 36.8 Å². The summed E-state index contributed by atoms with van der Waals surface area (Å²) >= 11 is 7.17. The summed E-state index contributed by atoms with van der Waals surface area (Å²) in [6, 6.07) is 12.6. The molecule has 152 valence electrons. The number of thioether (sulfide) groups is 1. The molecule has 0 atom stereocenters. The van der Waals surface area contributed by atoms with Crippen LogP contribution in [0.3, 0.4) is 0 Å². The van der Waals surface area contributed by atoms with Gasteiger partial charge in [-0.15, -0.1) is 0 Å². The van der Waals surface area contributed by atoms with E-state index in [1.165, 1.54) is 16.6 Å². The van der Waals surface area contributed by atoms with Crippen LogP contribution in [0.5, 0.6) is 0 Å². The lowest BCUT2D eigenvalue weighted by Crippen LogP contribution is -2.16. The maximum Gasteiger partial charge on any atom is 0.266 e. The van der Waals surface area contributed by atoms with Crippen LogP contribution in [-0.2, 0) is 4.79 Å². The lowest BCUT2D eigenvalue weighted by molar-refractivity contribution is -0.113. The van der Waals surface area contributed by atoms with Crippen molar-refractivity contribution in [3.8, 4) is 11.4 Å². The van der Waals surface area contributed by atoms with E-state index in [0.717, 1.165) is 17.3 Å². The Morgan fingerprint density at radius 1 is 1.23 bits per heavy atom. The van der Waals surface area contributed by atoms with Gasteiger partial charge in [0, 0.05) is 16.8 Å². The Morgan fingerprint density at radius 3 is 2.83 bits per heavy atom. The summed E-state index contributed by atoms with van der Waals surface area (Å²) in [5.41, 5.74) is 1.48. The maximum absolute atomic E-state index is 14.2. The highest BCUT2D eigenvalue weighted by Gasteiger charge is 2.15. The molecular weight excluding hydrogens is 429 g/mol. The van der Waals surface area contributed by atoms with Gasteiger partial charge in [0.1, 0.15) is 5.82 Å². The zero-order chi connectivity index (χ0) is 21.3. The highest BCUT2D eigenvalue weighted by molar-refractivity contribution is 7.99. The van der Waals surface area contributed by atoms with Crippen LogP contribution in [0.1, 0.15) is 5.56 Å². The Morgan fingerprint density at radius 2 is 2.03 bits per heavy atom. The zero-order valence-corrected chi connectivity index (χ0v) is 17.2. The number of carbonyl (C=O) groups excluding carboxylic acids is 1. The number of H-pyrrole nitrogens is 1. The number of hydrogen-bond donors (Lipinski definition) is 2. The van der Waals surface area contributed by atoms with Gasteiger partial charge in [-0.2, -0.15) is 0 Å². The summed E-state index contributed by atoms with van der Waals surface area (Å²) in [4.78, 5) is 32.8. The number of fused-ring (bicyclic) bond motifs is 1. The average molecular weight is 444 g/mol. The lowest BCUT2D eigenvalue weighted by Gasteiger charge is -2.10. The SMILES string of the molecule is Cc1c(Cl)cccc1NC(=O)CSc1nc(-c2ccccc2F)nc2cc(=O)[nH]n12. The molecule has 0 spiro atoms. The first-order valence-corrected chi connectivity index (χ1v) is 10.2. The Labute approximate surface area is 179 Å². The summed E-state index contributed by atoms with van der Waals surface area (Å²) in [6.45, 7) is 1.81. The Hall–Kier alpha value is -3.17. The number of nitrogens with zero attached hydrogens (tertiary/aromatic N) is 3. The normalized spacial score (nSPS) is 11.0. The average Bonchev–Trinajstić information content (AvgIpc) is 3.10. The number of aromatic nitrogens is 4. The fourth-order valence-corrected chi connectivity index (χ4v) is 3.73. The van der Waals surface area contributed by atoms with Crippen LogP contribution in [0.15, 0.2) is 58.5 Å². The number of carbonyl (C=O) groups is 1. The first kappa shape index (κ1) is 20.1. The van der Waals surface area contributed by atoms with Gasteiger partial charge in [-0.25, -0.2) is 18.9 Å². The molecule has 4 aromatic rings. The van der Waals surface area contributed by atoms with Gasteiger partial charge in [-0.3, -0.25) is 14.7 Å². The molecule has 0 unspecified atom stereocenters. The molecule has 7 nitrogen and oxygen atoms in total. The van der Waals surface area contributed by atoms with Gasteiger partial charge in [0.15, 0.2) is 16.6 Å². The molecule has 0 radical (unpaired) electrons. The Balaban J connectivity index is 1.62. The van der Waals surface area contributed by atoms with Crippen LogP contribution < -0.4 is 10.9 Å². The largest absolute Gasteiger partial charge is 0.325 e. The van der Waals surface area contributed by atoms with Crippen molar-refractivity contribution < 1.29 is 9.18 Å². The second-order valence-electron chi connectivity index (χ2n) is 6.37. The molecule has 30 heavy (non-hydrogen) atoms. The van der Waals surface area contributed by atoms with Crippen molar-refractivity contribution in [3.63, 3.8) is 0 Å². The molecule has 2 N–H and O–H groups in total. The molecule has 0 saturated heterocycles. The van der Waals surface area contributed by atoms with Crippen LogP contribution in [0, 0.1) is 12.7 Å². The minimum absolute atomic E-state index is 0.00892. The third-order valence-electron chi connectivity index (χ3n) is 4.31. The number of hydrogen-bond acceptors (Lipinski definition) is 5. The monoisotopic (exact) mass is 443 g/mol. The van der Waals surface area contributed by atoms with E-state index in [9.17, 15) is 14.0 Å². The first-order chi connectivity index (χ1) is 14.4. The van der Waals surface area contributed by atoms with Crippen LogP contribution in [0.25, 0.3) is 17.0 Å². The van der Waals surface area contributed by atoms with Crippen molar-refractivity contribution in [2.75, 3.05) is 11.1 Å². The third-order valence-corrected chi connectivity index (χ3v) is 5.66. The summed E-state index contributed by atoms with van der Waals surface area (Å²) < 4.78 is 15.6. The van der Waals surface area contributed by atoms with Crippen molar-refractivity contribution in [1.82, 2.24) is 19.6 Å². The molecule has 4 rings (SSSR count). The number of rotatable bonds is 5. The number of anilines is 1. The van der Waals surface area contributed by atoms with Gasteiger partial charge >= 0.3 is 0 Å². The molecule has 2 heterocycles. The molecule has 0 aliphatic carbocycles. The van der Waals surface area contributed by atoms with Crippen molar-refractivity contribution in [2.24, 2.45) is 0 Å². The molecule has 2 aromatic heterocycles. The maximum atomic E-state index is 14.2. The number of halogens is 2. The van der Waals surface area contributed by atoms with Crippen LogP contribution >= 0.6 is 23.4 Å². The van der Waals surface area contributed by atoms with E-state index in [4.69, 9.17) is 11.6 Å². The fourth-order valence-electron chi connectivity index (χ4n) is 2.80. The first-order valence-electron chi connectivity index (χ1n) is 8.85. The van der Waals surface area contributed by atoms with Crippen molar-refractivity contribution in [2.45, 2.75) is 12.1 Å². The number of aromatic amines is 1. The van der Waals surface area contributed by atoms with E-state index in [1.807, 2.05) is 6.92 Å². The molecule has 10 heteroatoms. The molecule has 0 saturated carbocycles. The minimum Gasteiger partial charge on any atom is -0.325 e. The standard InChI is InChI=1S/C20H15ClFN5O2S/c1-11-13(21)6-4-8-15(11)23-18(29)10-30-20-25-19(12-5-2-3-7-14(12)22)24-16-9-17(28)26-27(16)20/h2-9H,10H2,1H3,(H,23,29)(H,26,28). The second-order valence-corrected chi connectivity index (χ2v) is 7.72. The Bertz CT molecular complexity index is 1320. The van der Waals surface area contributed by atoms with Crippen LogP contribution in [0.4, 0.5) is 10.1 Å². The van der Waals surface area contributed by atoms with E-state index >= 15 is 0 Å². The molecule has 0 bridgehead atoms. The quantitative estimate of drug-likeness (QED) is 0.456. The van der Waals surface area contributed by atoms with Crippen molar-refractivity contribution in [1.29, 1.82) is 0 Å². The van der Waals surface area contributed by atoms with Crippen LogP contribution in [0.2, 0.25) is 5.02 Å². The minimum atomic E-state index is -0.482. The Kier molecular flexibility index (Phi) is 5.56. The molecule has 2 aromatic carbocycles. The van der Waals surface area contributed by atoms with Gasteiger partial charge in [0.25, 0.3) is 5.56 Å². The molecule has 0 aliphatic heterocycles. The summed E-state index contributed by atoms with van der Waals surface area (Å²) in [5.74, 6) is -0.626. The molecule has 0 fully saturated rings. The van der Waals surface area contributed by atoms with E-state index in [-0.39, 0.29) is 34.3 Å². The second kappa shape index (κ2) is 8.29. The molecular formula is C20H15ClFN5O2S. The van der Waals surface area contributed by atoms with Gasteiger partial charge in [0.05, 0.1) is 11.3 Å². The summed E-state index contributed by atoms with van der Waals surface area (Å²) in [7, 11) is 0. The van der Waals surface area contributed by atoms with E-state index < -0.39 is 5.82 Å². The predicted octanol–water partition coefficient (Wildman–Crippen LogP) is 3.92. The van der Waals surface area contributed by atoms with E-state index in [0.29, 0.717) is 15.9 Å². The molecule has 0 aliphatic rings. The summed E-state index contributed by atoms with van der Waals surface area (Å²) in [6.07, 6.45) is 0. The smallest absolute Gasteiger partial charge is 0.266 e. The third kappa shape index (κ3) is 4.07. The highest BCUT2D eigenvalue weighted by Crippen LogP contribution is 2.25. The zero-order valence-electron chi connectivity index (χ0n) is 15.6. The number of amides is 1. The fraction of sp³-hybridized carbons (Fsp3) is 0.100. The van der Waals surface area contributed by atoms with E-state index in [1.54, 1.807) is 36.4 Å². The van der Waals surface area contributed by atoms with Gasteiger partial charge in [0.2, 0.25) is 5.91 Å². The molecule has 1 amide bonds. The number of nitrogens with one attached hydrogen (secondary N) is 2. The van der Waals surface area contributed by atoms with E-state index in [2.05, 4.69) is 20.4 Å². The topological polar surface area (TPSA) is 92.2 Å².